The van der Waals surface area contributed by atoms with Gasteiger partial charge in [-0.05, 0) is 35.0 Å². The molecule has 0 radical (unpaired) electrons. The molecule has 18 heavy (non-hydrogen) atoms. The van der Waals surface area contributed by atoms with Gasteiger partial charge >= 0.3 is 35.5 Å². The molecule has 2 rings (SSSR count). The van der Waals surface area contributed by atoms with Gasteiger partial charge in [0.05, 0.1) is 10.5 Å². The average Bonchev–Trinajstić information content (AvgIpc) is 2.26. The van der Waals surface area contributed by atoms with E-state index in [9.17, 15) is 17.8 Å². The number of carboxylic acids is 1. The molecule has 0 atom stereocenters. The van der Waals surface area contributed by atoms with Crippen molar-refractivity contribution in [2.75, 3.05) is 0 Å². The van der Waals surface area contributed by atoms with Crippen molar-refractivity contribution in [2.45, 2.75) is 4.90 Å². The molecule has 0 aromatic heterocycles. The number of hydrogen-bond donors (Lipinski definition) is 1. The van der Waals surface area contributed by atoms with E-state index in [0.717, 1.165) is 6.07 Å². The van der Waals surface area contributed by atoms with Gasteiger partial charge in [0.2, 0.25) is 0 Å². The minimum absolute atomic E-state index is 0. The summed E-state index contributed by atoms with van der Waals surface area (Å²) in [7, 11) is -4.49. The molecule has 7 heteroatoms. The Morgan fingerprint density at radius 1 is 1.06 bits per heavy atom. The second kappa shape index (κ2) is 5.38. The minimum atomic E-state index is -4.49. The van der Waals surface area contributed by atoms with Gasteiger partial charge in [-0.15, -0.1) is 0 Å². The summed E-state index contributed by atoms with van der Waals surface area (Å²) in [5, 5.41) is 9.86. The number of fused-ring (bicyclic) bond motifs is 1. The van der Waals surface area contributed by atoms with E-state index in [4.69, 9.17) is 5.11 Å². The van der Waals surface area contributed by atoms with Crippen LogP contribution >= 0.6 is 0 Å². The van der Waals surface area contributed by atoms with Crippen molar-refractivity contribution in [3.05, 3.63) is 42.0 Å². The van der Waals surface area contributed by atoms with E-state index >= 15 is 0 Å². The van der Waals surface area contributed by atoms with Crippen LogP contribution in [-0.2, 0) is 10.1 Å². The van der Waals surface area contributed by atoms with E-state index in [-0.39, 0.29) is 40.0 Å². The molecule has 0 saturated carbocycles. The van der Waals surface area contributed by atoms with Crippen LogP contribution in [0.3, 0.4) is 0 Å². The van der Waals surface area contributed by atoms with E-state index in [0.29, 0.717) is 10.8 Å². The smallest absolute Gasteiger partial charge is 0.744 e. The van der Waals surface area contributed by atoms with Gasteiger partial charge in [-0.1, -0.05) is 12.1 Å². The molecule has 0 unspecified atom stereocenters. The number of carbonyl (C=O) groups is 1. The Labute approximate surface area is 125 Å². The molecule has 0 aliphatic rings. The van der Waals surface area contributed by atoms with Crippen LogP contribution in [0.5, 0.6) is 0 Å². The van der Waals surface area contributed by atoms with Crippen LogP contribution in [-0.4, -0.2) is 24.0 Å². The Kier molecular flexibility index (Phi) is 4.52. The molecule has 0 saturated heterocycles. The molecule has 0 aliphatic heterocycles. The third-order valence-corrected chi connectivity index (χ3v) is 3.18. The first kappa shape index (κ1) is 15.1. The number of benzene rings is 2. The van der Waals surface area contributed by atoms with E-state index in [1.54, 1.807) is 0 Å². The van der Waals surface area contributed by atoms with Crippen LogP contribution < -0.4 is 29.6 Å². The van der Waals surface area contributed by atoms with Crippen molar-refractivity contribution in [1.29, 1.82) is 0 Å². The van der Waals surface area contributed by atoms with Gasteiger partial charge in [-0.2, -0.15) is 0 Å². The molecule has 88 valence electrons. The third-order valence-electron chi connectivity index (χ3n) is 2.35. The van der Waals surface area contributed by atoms with Crippen LogP contribution in [0.4, 0.5) is 0 Å². The summed E-state index contributed by atoms with van der Waals surface area (Å²) in [4.78, 5) is 10.4. The van der Waals surface area contributed by atoms with Crippen LogP contribution in [0, 0.1) is 0 Å². The van der Waals surface area contributed by atoms with Crippen molar-refractivity contribution in [2.24, 2.45) is 0 Å². The Morgan fingerprint density at radius 3 is 2.17 bits per heavy atom. The van der Waals surface area contributed by atoms with E-state index in [1.165, 1.54) is 30.3 Å². The summed E-state index contributed by atoms with van der Waals surface area (Å²) in [6, 6.07) is 8.03. The fraction of sp³-hybridized carbons (Fsp3) is 0. The largest absolute Gasteiger partial charge is 1.00 e. The average molecular weight is 274 g/mol. The van der Waals surface area contributed by atoms with Gasteiger partial charge in [0, 0.05) is 0 Å². The molecule has 5 nitrogen and oxygen atoms in total. The Balaban J connectivity index is 0.00000162. The second-order valence-corrected chi connectivity index (χ2v) is 4.86. The van der Waals surface area contributed by atoms with E-state index in [1.807, 2.05) is 0 Å². The normalized spacial score (nSPS) is 10.9. The zero-order valence-corrected chi connectivity index (χ0v) is 12.3. The maximum atomic E-state index is 10.8. The van der Waals surface area contributed by atoms with Gasteiger partial charge in [-0.3, -0.25) is 0 Å². The number of aromatic carboxylic acids is 1. The predicted molar refractivity (Wildman–Crippen MR) is 58.9 cm³/mol. The van der Waals surface area contributed by atoms with Crippen LogP contribution in [0.15, 0.2) is 41.3 Å². The first-order valence-electron chi connectivity index (χ1n) is 4.61. The maximum absolute atomic E-state index is 10.8. The summed E-state index contributed by atoms with van der Waals surface area (Å²) in [6.07, 6.45) is 0. The number of hydrogen-bond acceptors (Lipinski definition) is 4. The first-order valence-corrected chi connectivity index (χ1v) is 6.02. The van der Waals surface area contributed by atoms with Crippen LogP contribution in [0.25, 0.3) is 10.8 Å². The Bertz CT molecular complexity index is 708. The zero-order valence-electron chi connectivity index (χ0n) is 9.45. The van der Waals surface area contributed by atoms with Gasteiger partial charge in [0.25, 0.3) is 0 Å². The Hall–Kier alpha value is -0.920. The summed E-state index contributed by atoms with van der Waals surface area (Å²) in [5.41, 5.74) is 0.107. The molecule has 0 bridgehead atoms. The predicted octanol–water partition coefficient (Wildman–Crippen LogP) is -1.55. The molecule has 0 aliphatic carbocycles. The molecule has 0 spiro atoms. The molecule has 1 N–H and O–H groups in total. The SMILES string of the molecule is O=C(O)c1ccc2cc(S(=O)(=O)[O-])ccc2c1.[Na+]. The van der Waals surface area contributed by atoms with Crippen molar-refractivity contribution < 1.29 is 52.4 Å². The topological polar surface area (TPSA) is 94.5 Å². The summed E-state index contributed by atoms with van der Waals surface area (Å²) in [5.74, 6) is -1.06. The number of rotatable bonds is 2. The standard InChI is InChI=1S/C11H8O5S.Na/c12-11(13)9-2-1-8-6-10(17(14,15)16)4-3-7(8)5-9;/h1-6H,(H,12,13)(H,14,15,16);/q;+1/p-1. The first-order chi connectivity index (χ1) is 7.88. The van der Waals surface area contributed by atoms with Crippen molar-refractivity contribution in [3.8, 4) is 0 Å². The van der Waals surface area contributed by atoms with E-state index < -0.39 is 16.1 Å². The second-order valence-electron chi connectivity index (χ2n) is 3.48. The molecule has 0 amide bonds. The number of carboxylic acid groups (broad SMARTS) is 1. The maximum Gasteiger partial charge on any atom is 1.00 e. The third kappa shape index (κ3) is 3.09. The molecule has 0 fully saturated rings. The molecule has 2 aromatic carbocycles. The van der Waals surface area contributed by atoms with Gasteiger partial charge in [0.1, 0.15) is 10.1 Å². The van der Waals surface area contributed by atoms with Gasteiger partial charge in [-0.25, -0.2) is 13.2 Å². The van der Waals surface area contributed by atoms with Crippen molar-refractivity contribution in [1.82, 2.24) is 0 Å². The van der Waals surface area contributed by atoms with Gasteiger partial charge in [0.15, 0.2) is 0 Å². The van der Waals surface area contributed by atoms with E-state index in [2.05, 4.69) is 0 Å². The fourth-order valence-corrected chi connectivity index (χ4v) is 2.02. The molecule has 0 heterocycles. The summed E-state index contributed by atoms with van der Waals surface area (Å²) in [6.45, 7) is 0. The summed E-state index contributed by atoms with van der Waals surface area (Å²) < 4.78 is 32.4. The minimum Gasteiger partial charge on any atom is -0.744 e. The Morgan fingerprint density at radius 2 is 1.61 bits per heavy atom. The quantitative estimate of drug-likeness (QED) is 0.528. The van der Waals surface area contributed by atoms with Crippen molar-refractivity contribution >= 4 is 26.9 Å². The van der Waals surface area contributed by atoms with Crippen LogP contribution in [0.1, 0.15) is 10.4 Å². The van der Waals surface area contributed by atoms with Crippen molar-refractivity contribution in [3.63, 3.8) is 0 Å². The zero-order chi connectivity index (χ0) is 12.6. The van der Waals surface area contributed by atoms with Gasteiger partial charge < -0.3 is 9.66 Å². The molecular formula is C11H7NaO5S. The fourth-order valence-electron chi connectivity index (χ4n) is 1.51. The molecular weight excluding hydrogens is 267 g/mol. The monoisotopic (exact) mass is 274 g/mol. The van der Waals surface area contributed by atoms with Crippen LogP contribution in [0.2, 0.25) is 0 Å². The summed E-state index contributed by atoms with van der Waals surface area (Å²) >= 11 is 0. The molecule has 2 aromatic rings.